The topological polar surface area (TPSA) is 97.5 Å². The van der Waals surface area contributed by atoms with E-state index in [0.29, 0.717) is 35.7 Å². The van der Waals surface area contributed by atoms with Gasteiger partial charge in [0.15, 0.2) is 5.78 Å². The van der Waals surface area contributed by atoms with Crippen molar-refractivity contribution in [2.75, 3.05) is 11.5 Å². The highest BCUT2D eigenvalue weighted by molar-refractivity contribution is 8.76. The zero-order valence-electron chi connectivity index (χ0n) is 17.0. The predicted molar refractivity (Wildman–Crippen MR) is 117 cm³/mol. The molecular weight excluding hydrogens is 406 g/mol. The van der Waals surface area contributed by atoms with Crippen molar-refractivity contribution in [2.24, 2.45) is 34.3 Å². The fourth-order valence-corrected chi connectivity index (χ4v) is 9.57. The van der Waals surface area contributed by atoms with E-state index in [9.17, 15) is 14.4 Å². The predicted octanol–water partition coefficient (Wildman–Crippen LogP) is 3.86. The first-order valence-electron chi connectivity index (χ1n) is 10.8. The first kappa shape index (κ1) is 21.4. The Hall–Kier alpha value is -0.790. The molecule has 29 heavy (non-hydrogen) atoms. The third-order valence-electron chi connectivity index (χ3n) is 8.36. The van der Waals surface area contributed by atoms with Gasteiger partial charge in [-0.25, -0.2) is 0 Å². The molecule has 5 nitrogen and oxygen atoms in total. The minimum atomic E-state index is -0.963. The van der Waals surface area contributed by atoms with E-state index in [1.54, 1.807) is 10.8 Å². The Morgan fingerprint density at radius 1 is 1.17 bits per heavy atom. The average Bonchev–Trinajstić information content (AvgIpc) is 3.00. The van der Waals surface area contributed by atoms with Gasteiger partial charge < -0.3 is 10.8 Å². The van der Waals surface area contributed by atoms with E-state index in [4.69, 9.17) is 10.8 Å². The molecule has 160 valence electrons. The fraction of sp³-hybridized carbons (Fsp3) is 0.773. The molecule has 0 amide bonds. The molecule has 1 unspecified atom stereocenters. The van der Waals surface area contributed by atoms with Gasteiger partial charge in [0.05, 0.1) is 0 Å². The zero-order chi connectivity index (χ0) is 20.8. The van der Waals surface area contributed by atoms with Gasteiger partial charge in [-0.2, -0.15) is 0 Å². The lowest BCUT2D eigenvalue weighted by Crippen LogP contribution is -2.52. The standard InChI is InChI=1S/C22H31NO4S2/c1-21-8-7-17-15(16(21)4-5-19(21)25)3-2-13-10-14(24)6-9-22(13,17)12-29-28-11-18(23)20(26)27/h10,15-18H,2-9,11-12,23H2,1H3,(H,26,27)/t15-,16-,17-,18?,21-,22+/m0/s1. The lowest BCUT2D eigenvalue weighted by Gasteiger charge is -2.58. The second-order valence-corrected chi connectivity index (χ2v) is 12.1. The Bertz CT molecular complexity index is 753. The van der Waals surface area contributed by atoms with E-state index in [1.807, 2.05) is 6.08 Å². The number of fused-ring (bicyclic) bond motifs is 5. The average molecular weight is 438 g/mol. The first-order chi connectivity index (χ1) is 13.8. The Labute approximate surface area is 180 Å². The molecule has 3 saturated carbocycles. The van der Waals surface area contributed by atoms with Crippen molar-refractivity contribution in [3.63, 3.8) is 0 Å². The van der Waals surface area contributed by atoms with Gasteiger partial charge in [-0.3, -0.25) is 14.4 Å². The van der Waals surface area contributed by atoms with Crippen molar-refractivity contribution in [2.45, 2.75) is 64.3 Å². The number of hydrogen-bond acceptors (Lipinski definition) is 6. The lowest BCUT2D eigenvalue weighted by atomic mass is 9.47. The van der Waals surface area contributed by atoms with Crippen LogP contribution in [-0.4, -0.2) is 40.2 Å². The van der Waals surface area contributed by atoms with Crippen LogP contribution in [0, 0.1) is 28.6 Å². The fourth-order valence-electron chi connectivity index (χ4n) is 6.74. The molecule has 7 heteroatoms. The van der Waals surface area contributed by atoms with E-state index < -0.39 is 12.0 Å². The molecule has 4 rings (SSSR count). The summed E-state index contributed by atoms with van der Waals surface area (Å²) in [6.07, 6.45) is 9.28. The minimum Gasteiger partial charge on any atom is -0.480 e. The lowest BCUT2D eigenvalue weighted by molar-refractivity contribution is -0.138. The summed E-state index contributed by atoms with van der Waals surface area (Å²) in [6.45, 7) is 2.20. The van der Waals surface area contributed by atoms with Crippen LogP contribution in [0.15, 0.2) is 11.6 Å². The number of carbonyl (C=O) groups excluding carboxylic acids is 2. The summed E-state index contributed by atoms with van der Waals surface area (Å²) >= 11 is 0. The maximum Gasteiger partial charge on any atom is 0.321 e. The number of aliphatic carboxylic acids is 1. The van der Waals surface area contributed by atoms with Gasteiger partial charge in [0.1, 0.15) is 11.8 Å². The maximum absolute atomic E-state index is 12.6. The van der Waals surface area contributed by atoms with Crippen LogP contribution in [0.25, 0.3) is 0 Å². The number of carbonyl (C=O) groups is 3. The van der Waals surface area contributed by atoms with E-state index in [2.05, 4.69) is 6.92 Å². The van der Waals surface area contributed by atoms with E-state index in [1.165, 1.54) is 16.4 Å². The van der Waals surface area contributed by atoms with E-state index in [-0.39, 0.29) is 16.6 Å². The highest BCUT2D eigenvalue weighted by atomic mass is 33.1. The second kappa shape index (κ2) is 8.04. The molecule has 6 atom stereocenters. The van der Waals surface area contributed by atoms with Crippen molar-refractivity contribution >= 4 is 39.1 Å². The molecule has 0 spiro atoms. The monoisotopic (exact) mass is 437 g/mol. The summed E-state index contributed by atoms with van der Waals surface area (Å²) in [5.74, 6) is 2.62. The van der Waals surface area contributed by atoms with Gasteiger partial charge in [-0.05, 0) is 62.4 Å². The number of nitrogens with two attached hydrogens (primary N) is 1. The van der Waals surface area contributed by atoms with Crippen LogP contribution in [0.1, 0.15) is 58.3 Å². The Morgan fingerprint density at radius 3 is 2.72 bits per heavy atom. The van der Waals surface area contributed by atoms with Crippen LogP contribution in [0.3, 0.4) is 0 Å². The number of ketones is 2. The van der Waals surface area contributed by atoms with E-state index in [0.717, 1.165) is 50.7 Å². The van der Waals surface area contributed by atoms with Gasteiger partial charge >= 0.3 is 5.97 Å². The van der Waals surface area contributed by atoms with Crippen molar-refractivity contribution < 1.29 is 19.5 Å². The number of Topliss-reactive ketones (excluding diaryl/α,β-unsaturated/α-hetero) is 1. The van der Waals surface area contributed by atoms with E-state index >= 15 is 0 Å². The number of allylic oxidation sites excluding steroid dienone is 1. The Kier molecular flexibility index (Phi) is 5.95. The van der Waals surface area contributed by atoms with Crippen molar-refractivity contribution in [1.82, 2.24) is 0 Å². The molecule has 0 aliphatic heterocycles. The van der Waals surface area contributed by atoms with Crippen LogP contribution in [0.4, 0.5) is 0 Å². The smallest absolute Gasteiger partial charge is 0.321 e. The third kappa shape index (κ3) is 3.61. The van der Waals surface area contributed by atoms with Gasteiger partial charge in [0, 0.05) is 35.2 Å². The van der Waals surface area contributed by atoms with Crippen molar-refractivity contribution in [1.29, 1.82) is 0 Å². The summed E-state index contributed by atoms with van der Waals surface area (Å²) < 4.78 is 0. The van der Waals surface area contributed by atoms with Crippen LogP contribution in [0.5, 0.6) is 0 Å². The maximum atomic E-state index is 12.6. The summed E-state index contributed by atoms with van der Waals surface area (Å²) in [7, 11) is 3.26. The molecule has 0 heterocycles. The molecule has 0 aromatic rings. The van der Waals surface area contributed by atoms with Crippen molar-refractivity contribution in [3.8, 4) is 0 Å². The van der Waals surface area contributed by atoms with Gasteiger partial charge in [-0.1, -0.05) is 34.1 Å². The highest BCUT2D eigenvalue weighted by Gasteiger charge is 2.60. The van der Waals surface area contributed by atoms with Crippen molar-refractivity contribution in [3.05, 3.63) is 11.6 Å². The van der Waals surface area contributed by atoms with Crippen LogP contribution >= 0.6 is 21.6 Å². The molecule has 0 radical (unpaired) electrons. The molecule has 0 aromatic carbocycles. The summed E-state index contributed by atoms with van der Waals surface area (Å²) in [4.78, 5) is 35.8. The normalized spacial score (nSPS) is 39.9. The molecule has 4 aliphatic carbocycles. The summed E-state index contributed by atoms with van der Waals surface area (Å²) in [6, 6.07) is -0.841. The van der Waals surface area contributed by atoms with Crippen LogP contribution < -0.4 is 5.73 Å². The van der Waals surface area contributed by atoms with Gasteiger partial charge in [0.2, 0.25) is 0 Å². The highest BCUT2D eigenvalue weighted by Crippen LogP contribution is 2.65. The molecule has 0 bridgehead atoms. The SMILES string of the molecule is C[C@]12CC[C@H]3[C@@H](CCC4=CC(=O)CC[C@@]43CSSCC(N)C(=O)O)[C@@H]1CCC2=O. The molecule has 0 saturated heterocycles. The summed E-state index contributed by atoms with van der Waals surface area (Å²) in [5, 5.41) is 9.01. The van der Waals surface area contributed by atoms with Gasteiger partial charge in [-0.15, -0.1) is 0 Å². The number of hydrogen-bond donors (Lipinski definition) is 2. The zero-order valence-corrected chi connectivity index (χ0v) is 18.7. The minimum absolute atomic E-state index is 0.0226. The van der Waals surface area contributed by atoms with Crippen LogP contribution in [0.2, 0.25) is 0 Å². The first-order valence-corrected chi connectivity index (χ1v) is 13.3. The van der Waals surface area contributed by atoms with Crippen LogP contribution in [-0.2, 0) is 14.4 Å². The number of rotatable bonds is 6. The quantitative estimate of drug-likeness (QED) is 0.481. The summed E-state index contributed by atoms with van der Waals surface area (Å²) in [5.41, 5.74) is 6.86. The Balaban J connectivity index is 1.55. The molecule has 0 aromatic heterocycles. The molecule has 4 aliphatic rings. The number of carboxylic acid groups (broad SMARTS) is 1. The van der Waals surface area contributed by atoms with Gasteiger partial charge in [0.25, 0.3) is 0 Å². The largest absolute Gasteiger partial charge is 0.480 e. The molecular formula is C22H31NO4S2. The molecule has 3 fully saturated rings. The molecule has 3 N–H and O–H groups in total. The second-order valence-electron chi connectivity index (χ2n) is 9.62. The Morgan fingerprint density at radius 2 is 1.97 bits per heavy atom. The third-order valence-corrected chi connectivity index (χ3v) is 10.9. The number of carboxylic acids is 1.